The number of carboxylic acid groups (broad SMARTS) is 1. The number of piperidine rings is 1. The number of likely N-dealkylation sites (tertiary alicyclic amines) is 1. The number of amides is 2. The molecule has 0 bridgehead atoms. The Morgan fingerprint density at radius 3 is 2.65 bits per heavy atom. The van der Waals surface area contributed by atoms with Crippen LogP contribution in [-0.2, 0) is 14.4 Å². The Balaban J connectivity index is 2.45. The van der Waals surface area contributed by atoms with Crippen molar-refractivity contribution in [1.82, 2.24) is 10.2 Å². The van der Waals surface area contributed by atoms with Gasteiger partial charge < -0.3 is 15.3 Å². The van der Waals surface area contributed by atoms with Gasteiger partial charge in [-0.15, -0.1) is 0 Å². The van der Waals surface area contributed by atoms with Crippen LogP contribution in [0.1, 0.15) is 51.9 Å². The second kappa shape index (κ2) is 8.55. The highest BCUT2D eigenvalue weighted by atomic mass is 16.4. The molecule has 1 rings (SSSR count). The number of nitrogens with zero attached hydrogens (tertiary/aromatic N) is 1. The third-order valence-corrected chi connectivity index (χ3v) is 3.55. The Kier molecular flexibility index (Phi) is 7.04. The van der Waals surface area contributed by atoms with E-state index in [2.05, 4.69) is 5.32 Å². The van der Waals surface area contributed by atoms with Gasteiger partial charge in [0.15, 0.2) is 0 Å². The van der Waals surface area contributed by atoms with Gasteiger partial charge in [0.25, 0.3) is 0 Å². The fourth-order valence-electron chi connectivity index (χ4n) is 2.51. The van der Waals surface area contributed by atoms with Crippen LogP contribution in [0.15, 0.2) is 0 Å². The standard InChI is InChI=1S/C14H24N2O4/c1-2-5-12(17)15-10-13(18)16-9-4-3-6-11(16)7-8-14(19)20/h11H,2-10H2,1H3,(H,15,17)(H,19,20). The SMILES string of the molecule is CCCC(=O)NCC(=O)N1CCCCC1CCC(=O)O. The number of carbonyl (C=O) groups is 3. The lowest BCUT2D eigenvalue weighted by Crippen LogP contribution is -2.48. The van der Waals surface area contributed by atoms with Gasteiger partial charge in [-0.1, -0.05) is 6.92 Å². The molecule has 1 aliphatic rings. The van der Waals surface area contributed by atoms with Crippen LogP contribution in [0.25, 0.3) is 0 Å². The van der Waals surface area contributed by atoms with E-state index >= 15 is 0 Å². The first-order chi connectivity index (χ1) is 9.54. The Bertz CT molecular complexity index is 357. The van der Waals surface area contributed by atoms with E-state index in [1.54, 1.807) is 4.90 Å². The zero-order chi connectivity index (χ0) is 15.0. The second-order valence-corrected chi connectivity index (χ2v) is 5.20. The van der Waals surface area contributed by atoms with E-state index < -0.39 is 5.97 Å². The van der Waals surface area contributed by atoms with E-state index in [0.717, 1.165) is 25.7 Å². The van der Waals surface area contributed by atoms with Crippen LogP contribution in [0.4, 0.5) is 0 Å². The molecule has 6 heteroatoms. The quantitative estimate of drug-likeness (QED) is 0.734. The predicted octanol–water partition coefficient (Wildman–Crippen LogP) is 1.15. The zero-order valence-corrected chi connectivity index (χ0v) is 12.1. The van der Waals surface area contributed by atoms with Gasteiger partial charge in [-0.2, -0.15) is 0 Å². The van der Waals surface area contributed by atoms with Gasteiger partial charge in [0.2, 0.25) is 11.8 Å². The molecule has 1 heterocycles. The van der Waals surface area contributed by atoms with E-state index in [1.165, 1.54) is 0 Å². The van der Waals surface area contributed by atoms with Crippen LogP contribution in [0, 0.1) is 0 Å². The van der Waals surface area contributed by atoms with Crippen molar-refractivity contribution in [2.75, 3.05) is 13.1 Å². The van der Waals surface area contributed by atoms with Crippen molar-refractivity contribution < 1.29 is 19.5 Å². The van der Waals surface area contributed by atoms with Gasteiger partial charge >= 0.3 is 5.97 Å². The Morgan fingerprint density at radius 2 is 2.00 bits per heavy atom. The van der Waals surface area contributed by atoms with Gasteiger partial charge in [0, 0.05) is 25.4 Å². The summed E-state index contributed by atoms with van der Waals surface area (Å²) in [5.41, 5.74) is 0. The summed E-state index contributed by atoms with van der Waals surface area (Å²) in [6, 6.07) is -0.00423. The molecule has 1 atom stereocenters. The number of aliphatic carboxylic acids is 1. The van der Waals surface area contributed by atoms with Crippen LogP contribution in [0.5, 0.6) is 0 Å². The molecule has 0 aromatic carbocycles. The summed E-state index contributed by atoms with van der Waals surface area (Å²) in [5.74, 6) is -1.05. The molecule has 0 aliphatic carbocycles. The van der Waals surface area contributed by atoms with E-state index in [4.69, 9.17) is 5.11 Å². The zero-order valence-electron chi connectivity index (χ0n) is 12.1. The molecular formula is C14H24N2O4. The van der Waals surface area contributed by atoms with Gasteiger partial charge in [-0.05, 0) is 32.1 Å². The maximum atomic E-state index is 12.1. The molecule has 114 valence electrons. The van der Waals surface area contributed by atoms with Crippen LogP contribution < -0.4 is 5.32 Å². The summed E-state index contributed by atoms with van der Waals surface area (Å²) in [5, 5.41) is 11.4. The van der Waals surface area contributed by atoms with E-state index in [0.29, 0.717) is 19.4 Å². The van der Waals surface area contributed by atoms with Gasteiger partial charge in [-0.25, -0.2) is 0 Å². The minimum absolute atomic E-state index is 0.00423. The van der Waals surface area contributed by atoms with Crippen molar-refractivity contribution >= 4 is 17.8 Å². The molecule has 1 aliphatic heterocycles. The molecule has 1 saturated heterocycles. The number of carbonyl (C=O) groups excluding carboxylic acids is 2. The van der Waals surface area contributed by atoms with Crippen LogP contribution in [-0.4, -0.2) is 46.9 Å². The summed E-state index contributed by atoms with van der Waals surface area (Å²) < 4.78 is 0. The van der Waals surface area contributed by atoms with Crippen molar-refractivity contribution in [2.24, 2.45) is 0 Å². The third-order valence-electron chi connectivity index (χ3n) is 3.55. The number of hydrogen-bond donors (Lipinski definition) is 2. The first-order valence-electron chi connectivity index (χ1n) is 7.32. The van der Waals surface area contributed by atoms with Crippen molar-refractivity contribution in [1.29, 1.82) is 0 Å². The maximum absolute atomic E-state index is 12.1. The third kappa shape index (κ3) is 5.59. The topological polar surface area (TPSA) is 86.7 Å². The summed E-state index contributed by atoms with van der Waals surface area (Å²) >= 11 is 0. The molecule has 0 radical (unpaired) electrons. The molecule has 1 unspecified atom stereocenters. The minimum atomic E-state index is -0.834. The van der Waals surface area contributed by atoms with Crippen molar-refractivity contribution in [3.63, 3.8) is 0 Å². The van der Waals surface area contributed by atoms with E-state index in [-0.39, 0.29) is 30.8 Å². The van der Waals surface area contributed by atoms with Gasteiger partial charge in [0.05, 0.1) is 6.54 Å². The van der Waals surface area contributed by atoms with Crippen LogP contribution in [0.2, 0.25) is 0 Å². The highest BCUT2D eigenvalue weighted by Gasteiger charge is 2.26. The molecule has 2 N–H and O–H groups in total. The monoisotopic (exact) mass is 284 g/mol. The molecule has 0 aromatic heterocycles. The Hall–Kier alpha value is -1.59. The molecule has 0 spiro atoms. The molecule has 2 amide bonds. The average Bonchev–Trinajstić information content (AvgIpc) is 2.43. The van der Waals surface area contributed by atoms with E-state index in [1.807, 2.05) is 6.92 Å². The van der Waals surface area contributed by atoms with Crippen LogP contribution >= 0.6 is 0 Å². The number of carboxylic acids is 1. The Morgan fingerprint density at radius 1 is 1.25 bits per heavy atom. The van der Waals surface area contributed by atoms with Gasteiger partial charge in [0.1, 0.15) is 0 Å². The second-order valence-electron chi connectivity index (χ2n) is 5.20. The average molecular weight is 284 g/mol. The summed E-state index contributed by atoms with van der Waals surface area (Å²) in [4.78, 5) is 35.9. The molecule has 1 fully saturated rings. The first kappa shape index (κ1) is 16.5. The summed E-state index contributed by atoms with van der Waals surface area (Å²) in [7, 11) is 0. The summed E-state index contributed by atoms with van der Waals surface area (Å²) in [6.45, 7) is 2.59. The highest BCUT2D eigenvalue weighted by Crippen LogP contribution is 2.20. The molecule has 0 aromatic rings. The fraction of sp³-hybridized carbons (Fsp3) is 0.786. The normalized spacial score (nSPS) is 18.6. The lowest BCUT2D eigenvalue weighted by atomic mass is 9.98. The smallest absolute Gasteiger partial charge is 0.303 e. The number of nitrogens with one attached hydrogen (secondary N) is 1. The predicted molar refractivity (Wildman–Crippen MR) is 74.1 cm³/mol. The lowest BCUT2D eigenvalue weighted by molar-refractivity contribution is -0.140. The lowest BCUT2D eigenvalue weighted by Gasteiger charge is -2.35. The number of rotatable bonds is 7. The van der Waals surface area contributed by atoms with Crippen molar-refractivity contribution in [2.45, 2.75) is 57.9 Å². The summed E-state index contributed by atoms with van der Waals surface area (Å²) in [6.07, 6.45) is 4.57. The molecule has 20 heavy (non-hydrogen) atoms. The van der Waals surface area contributed by atoms with E-state index in [9.17, 15) is 14.4 Å². The first-order valence-corrected chi connectivity index (χ1v) is 7.32. The minimum Gasteiger partial charge on any atom is -0.481 e. The van der Waals surface area contributed by atoms with Gasteiger partial charge in [-0.3, -0.25) is 14.4 Å². The fourth-order valence-corrected chi connectivity index (χ4v) is 2.51. The molecule has 0 saturated carbocycles. The van der Waals surface area contributed by atoms with Crippen molar-refractivity contribution in [3.05, 3.63) is 0 Å². The highest BCUT2D eigenvalue weighted by molar-refractivity contribution is 5.85. The largest absolute Gasteiger partial charge is 0.481 e. The molecule has 6 nitrogen and oxygen atoms in total. The Labute approximate surface area is 119 Å². The maximum Gasteiger partial charge on any atom is 0.303 e. The molecular weight excluding hydrogens is 260 g/mol. The van der Waals surface area contributed by atoms with Crippen molar-refractivity contribution in [3.8, 4) is 0 Å². The number of hydrogen-bond acceptors (Lipinski definition) is 3. The van der Waals surface area contributed by atoms with Crippen LogP contribution in [0.3, 0.4) is 0 Å².